The van der Waals surface area contributed by atoms with Crippen LogP contribution in [-0.2, 0) is 9.59 Å². The molecule has 1 fully saturated rings. The van der Waals surface area contributed by atoms with Gasteiger partial charge in [0.25, 0.3) is 11.7 Å². The van der Waals surface area contributed by atoms with Crippen LogP contribution in [0.5, 0.6) is 5.75 Å². The lowest BCUT2D eigenvalue weighted by Gasteiger charge is -2.24. The summed E-state index contributed by atoms with van der Waals surface area (Å²) in [5.41, 5.74) is 2.03. The maximum absolute atomic E-state index is 12.8. The topological polar surface area (TPSA) is 66.8 Å². The number of hydrogen-bond acceptors (Lipinski definition) is 4. The van der Waals surface area contributed by atoms with Crippen LogP contribution in [0.1, 0.15) is 22.7 Å². The third kappa shape index (κ3) is 3.85. The van der Waals surface area contributed by atoms with E-state index < -0.39 is 17.7 Å². The Labute approximate surface area is 170 Å². The molecule has 2 aromatic rings. The summed E-state index contributed by atoms with van der Waals surface area (Å²) in [5, 5.41) is 11.1. The fourth-order valence-electron chi connectivity index (χ4n) is 3.48. The van der Waals surface area contributed by atoms with Crippen molar-refractivity contribution < 1.29 is 19.4 Å². The van der Waals surface area contributed by atoms with Gasteiger partial charge in [0.05, 0.1) is 11.6 Å². The number of ketones is 1. The van der Waals surface area contributed by atoms with Gasteiger partial charge in [-0.1, -0.05) is 49.1 Å². The second-order valence-corrected chi connectivity index (χ2v) is 6.73. The molecule has 29 heavy (non-hydrogen) atoms. The zero-order chi connectivity index (χ0) is 21.0. The molecule has 1 heterocycles. The lowest BCUT2D eigenvalue weighted by molar-refractivity contribution is -0.139. The average Bonchev–Trinajstić information content (AvgIpc) is 2.98. The molecule has 5 nitrogen and oxygen atoms in total. The van der Waals surface area contributed by atoms with E-state index in [-0.39, 0.29) is 17.9 Å². The van der Waals surface area contributed by atoms with Crippen molar-refractivity contribution in [3.8, 4) is 5.75 Å². The molecule has 148 valence electrons. The Hall–Kier alpha value is -3.60. The van der Waals surface area contributed by atoms with Crippen molar-refractivity contribution in [3.05, 3.63) is 96.1 Å². The van der Waals surface area contributed by atoms with Gasteiger partial charge in [0.1, 0.15) is 18.1 Å². The number of aryl methyl sites for hydroxylation is 1. The summed E-state index contributed by atoms with van der Waals surface area (Å²) in [4.78, 5) is 26.9. The van der Waals surface area contributed by atoms with Crippen LogP contribution in [0.25, 0.3) is 5.76 Å². The molecule has 0 spiro atoms. The predicted molar refractivity (Wildman–Crippen MR) is 113 cm³/mol. The fraction of sp³-hybridized carbons (Fsp3) is 0.167. The Bertz CT molecular complexity index is 991. The van der Waals surface area contributed by atoms with Crippen LogP contribution in [-0.4, -0.2) is 34.8 Å². The van der Waals surface area contributed by atoms with E-state index in [4.69, 9.17) is 4.74 Å². The fourth-order valence-corrected chi connectivity index (χ4v) is 3.48. The van der Waals surface area contributed by atoms with E-state index in [0.29, 0.717) is 17.9 Å². The standard InChI is InChI=1S/C24H23NO4/c1-4-13-25-21(17-9-7-6-8-10-17)20(23(27)24(25)28)22(26)19-12-11-18(15-16(19)3)29-14-5-2/h4-12,15,21,26H,1-2,13-14H2,3H3/b22-20+. The highest BCUT2D eigenvalue weighted by Crippen LogP contribution is 2.39. The molecule has 1 aliphatic rings. The minimum atomic E-state index is -0.704. The van der Waals surface area contributed by atoms with E-state index in [0.717, 1.165) is 11.1 Å². The molecule has 1 saturated heterocycles. The van der Waals surface area contributed by atoms with Gasteiger partial charge in [-0.25, -0.2) is 0 Å². The van der Waals surface area contributed by atoms with Crippen LogP contribution in [0, 0.1) is 6.92 Å². The number of Topliss-reactive ketones (excluding diaryl/α,β-unsaturated/α-hetero) is 1. The van der Waals surface area contributed by atoms with Gasteiger partial charge in [-0.3, -0.25) is 9.59 Å². The van der Waals surface area contributed by atoms with Gasteiger partial charge in [-0.15, -0.1) is 6.58 Å². The number of aliphatic hydroxyl groups excluding tert-OH is 1. The van der Waals surface area contributed by atoms with Crippen molar-refractivity contribution in [2.45, 2.75) is 13.0 Å². The smallest absolute Gasteiger partial charge is 0.295 e. The molecule has 1 N–H and O–H groups in total. The monoisotopic (exact) mass is 389 g/mol. The highest BCUT2D eigenvalue weighted by Gasteiger charge is 2.45. The van der Waals surface area contributed by atoms with Gasteiger partial charge in [-0.05, 0) is 36.2 Å². The third-order valence-electron chi connectivity index (χ3n) is 4.80. The molecule has 3 rings (SSSR count). The summed E-state index contributed by atoms with van der Waals surface area (Å²) in [6.07, 6.45) is 3.21. The molecular formula is C24H23NO4. The molecule has 0 radical (unpaired) electrons. The molecule has 1 amide bonds. The molecule has 0 saturated carbocycles. The van der Waals surface area contributed by atoms with Gasteiger partial charge in [0, 0.05) is 12.1 Å². The number of likely N-dealkylation sites (tertiary alicyclic amines) is 1. The zero-order valence-corrected chi connectivity index (χ0v) is 16.3. The molecule has 2 aromatic carbocycles. The van der Waals surface area contributed by atoms with Crippen LogP contribution in [0.2, 0.25) is 0 Å². The minimum Gasteiger partial charge on any atom is -0.507 e. The van der Waals surface area contributed by atoms with Crippen LogP contribution in [0.4, 0.5) is 0 Å². The van der Waals surface area contributed by atoms with Crippen molar-refractivity contribution in [1.29, 1.82) is 0 Å². The molecule has 0 aliphatic carbocycles. The number of aliphatic hydroxyl groups is 1. The second kappa shape index (κ2) is 8.61. The summed E-state index contributed by atoms with van der Waals surface area (Å²) in [6, 6.07) is 13.7. The third-order valence-corrected chi connectivity index (χ3v) is 4.80. The second-order valence-electron chi connectivity index (χ2n) is 6.73. The Morgan fingerprint density at radius 1 is 1.14 bits per heavy atom. The van der Waals surface area contributed by atoms with Gasteiger partial charge in [0.2, 0.25) is 0 Å². The van der Waals surface area contributed by atoms with Crippen molar-refractivity contribution in [2.75, 3.05) is 13.2 Å². The first-order valence-electron chi connectivity index (χ1n) is 9.28. The highest BCUT2D eigenvalue weighted by molar-refractivity contribution is 6.46. The van der Waals surface area contributed by atoms with E-state index in [1.165, 1.54) is 4.90 Å². The maximum atomic E-state index is 12.8. The van der Waals surface area contributed by atoms with Gasteiger partial charge >= 0.3 is 0 Å². The number of carbonyl (C=O) groups is 2. The Morgan fingerprint density at radius 2 is 1.86 bits per heavy atom. The van der Waals surface area contributed by atoms with Gasteiger partial charge in [-0.2, -0.15) is 0 Å². The average molecular weight is 389 g/mol. The lowest BCUT2D eigenvalue weighted by atomic mass is 9.94. The van der Waals surface area contributed by atoms with Crippen molar-refractivity contribution in [3.63, 3.8) is 0 Å². The first kappa shape index (κ1) is 20.1. The van der Waals surface area contributed by atoms with Crippen LogP contribution in [0.3, 0.4) is 0 Å². The number of ether oxygens (including phenoxy) is 1. The summed E-state index contributed by atoms with van der Waals surface area (Å²) in [7, 11) is 0. The zero-order valence-electron chi connectivity index (χ0n) is 16.3. The largest absolute Gasteiger partial charge is 0.507 e. The first-order chi connectivity index (χ1) is 14.0. The molecular weight excluding hydrogens is 366 g/mol. The Morgan fingerprint density at radius 3 is 2.48 bits per heavy atom. The summed E-state index contributed by atoms with van der Waals surface area (Å²) in [5.74, 6) is -0.921. The quantitative estimate of drug-likeness (QED) is 0.334. The van der Waals surface area contributed by atoms with E-state index >= 15 is 0 Å². The van der Waals surface area contributed by atoms with Crippen molar-refractivity contribution in [1.82, 2.24) is 4.90 Å². The normalized spacial score (nSPS) is 18.0. The first-order valence-corrected chi connectivity index (χ1v) is 9.28. The maximum Gasteiger partial charge on any atom is 0.295 e. The molecule has 1 unspecified atom stereocenters. The van der Waals surface area contributed by atoms with E-state index in [1.807, 2.05) is 37.3 Å². The summed E-state index contributed by atoms with van der Waals surface area (Å²) < 4.78 is 5.52. The number of rotatable bonds is 7. The van der Waals surface area contributed by atoms with Crippen LogP contribution in [0.15, 0.2) is 79.4 Å². The Kier molecular flexibility index (Phi) is 5.98. The predicted octanol–water partition coefficient (Wildman–Crippen LogP) is 4.17. The number of nitrogens with zero attached hydrogens (tertiary/aromatic N) is 1. The number of benzene rings is 2. The van der Waals surface area contributed by atoms with Gasteiger partial charge in [0.15, 0.2) is 0 Å². The lowest BCUT2D eigenvalue weighted by Crippen LogP contribution is -2.29. The highest BCUT2D eigenvalue weighted by atomic mass is 16.5. The molecule has 5 heteroatoms. The number of carbonyl (C=O) groups excluding carboxylic acids is 2. The van der Waals surface area contributed by atoms with Crippen LogP contribution >= 0.6 is 0 Å². The van der Waals surface area contributed by atoms with Crippen LogP contribution < -0.4 is 4.74 Å². The van der Waals surface area contributed by atoms with E-state index in [2.05, 4.69) is 13.2 Å². The summed E-state index contributed by atoms with van der Waals surface area (Å²) in [6.45, 7) is 9.68. The molecule has 0 aromatic heterocycles. The van der Waals surface area contributed by atoms with E-state index in [1.54, 1.807) is 30.4 Å². The van der Waals surface area contributed by atoms with Crippen molar-refractivity contribution in [2.24, 2.45) is 0 Å². The SMILES string of the molecule is C=CCOc1ccc(/C(O)=C2\C(=O)C(=O)N(CC=C)C2c2ccccc2)c(C)c1. The van der Waals surface area contributed by atoms with Gasteiger partial charge < -0.3 is 14.7 Å². The molecule has 1 aliphatic heterocycles. The number of hydrogen-bond donors (Lipinski definition) is 1. The van der Waals surface area contributed by atoms with E-state index in [9.17, 15) is 14.7 Å². The molecule has 1 atom stereocenters. The summed E-state index contributed by atoms with van der Waals surface area (Å²) >= 11 is 0. The van der Waals surface area contributed by atoms with Crippen molar-refractivity contribution >= 4 is 17.4 Å². The molecule has 0 bridgehead atoms. The number of amides is 1. The minimum absolute atomic E-state index is 0.0749. The Balaban J connectivity index is 2.13.